The summed E-state index contributed by atoms with van der Waals surface area (Å²) in [4.78, 5) is 13.9. The monoisotopic (exact) mass is 304 g/mol. The van der Waals surface area contributed by atoms with Crippen molar-refractivity contribution in [3.63, 3.8) is 0 Å². The van der Waals surface area contributed by atoms with E-state index in [4.69, 9.17) is 0 Å². The molecule has 1 amide bonds. The molecule has 0 fully saturated rings. The van der Waals surface area contributed by atoms with Crippen molar-refractivity contribution < 1.29 is 13.6 Å². The molecule has 0 spiro atoms. The van der Waals surface area contributed by atoms with E-state index in [9.17, 15) is 13.6 Å². The van der Waals surface area contributed by atoms with Gasteiger partial charge in [-0.3, -0.25) is 4.79 Å². The second-order valence-electron chi connectivity index (χ2n) is 4.99. The van der Waals surface area contributed by atoms with Crippen molar-refractivity contribution in [2.45, 2.75) is 6.42 Å². The minimum absolute atomic E-state index is 0.141. The summed E-state index contributed by atoms with van der Waals surface area (Å²) in [6.45, 7) is 1.18. The Bertz CT molecular complexity index is 632. The van der Waals surface area contributed by atoms with E-state index in [1.54, 1.807) is 0 Å². The Hall–Kier alpha value is -2.43. The number of nitrogens with one attached hydrogen (secondary N) is 1. The van der Waals surface area contributed by atoms with Gasteiger partial charge in [0.05, 0.1) is 5.56 Å². The van der Waals surface area contributed by atoms with Crippen LogP contribution < -0.4 is 10.2 Å². The van der Waals surface area contributed by atoms with Crippen LogP contribution in [0.2, 0.25) is 0 Å². The zero-order valence-corrected chi connectivity index (χ0v) is 12.4. The van der Waals surface area contributed by atoms with Gasteiger partial charge in [0.25, 0.3) is 5.91 Å². The van der Waals surface area contributed by atoms with E-state index in [1.807, 2.05) is 37.4 Å². The predicted molar refractivity (Wildman–Crippen MR) is 83.0 cm³/mol. The summed E-state index contributed by atoms with van der Waals surface area (Å²) in [7, 11) is 1.97. The minimum Gasteiger partial charge on any atom is -0.375 e. The maximum Gasteiger partial charge on any atom is 0.254 e. The molecule has 116 valence electrons. The minimum atomic E-state index is -0.848. The Morgan fingerprint density at radius 2 is 1.86 bits per heavy atom. The molecule has 3 nitrogen and oxygen atoms in total. The highest BCUT2D eigenvalue weighted by Gasteiger charge is 2.11. The molecule has 0 aliphatic carbocycles. The van der Waals surface area contributed by atoms with Crippen molar-refractivity contribution in [1.82, 2.24) is 5.32 Å². The third-order valence-electron chi connectivity index (χ3n) is 3.33. The third-order valence-corrected chi connectivity index (χ3v) is 3.33. The molecule has 0 aromatic heterocycles. The summed E-state index contributed by atoms with van der Waals surface area (Å²) in [6, 6.07) is 12.8. The molecule has 2 aromatic carbocycles. The largest absolute Gasteiger partial charge is 0.375 e. The Morgan fingerprint density at radius 3 is 2.55 bits per heavy atom. The van der Waals surface area contributed by atoms with Gasteiger partial charge in [0.2, 0.25) is 0 Å². The van der Waals surface area contributed by atoms with Gasteiger partial charge in [-0.15, -0.1) is 0 Å². The molecule has 2 aromatic rings. The van der Waals surface area contributed by atoms with Crippen molar-refractivity contribution in [1.29, 1.82) is 0 Å². The number of amides is 1. The summed E-state index contributed by atoms with van der Waals surface area (Å²) in [6.07, 6.45) is 0.722. The molecule has 0 heterocycles. The van der Waals surface area contributed by atoms with Gasteiger partial charge in [-0.1, -0.05) is 18.2 Å². The first kappa shape index (κ1) is 15.9. The molecule has 0 saturated heterocycles. The molecule has 0 atom stereocenters. The molecule has 1 N–H and O–H groups in total. The van der Waals surface area contributed by atoms with Crippen LogP contribution in [0.5, 0.6) is 0 Å². The Labute approximate surface area is 128 Å². The van der Waals surface area contributed by atoms with Crippen LogP contribution in [-0.4, -0.2) is 26.0 Å². The smallest absolute Gasteiger partial charge is 0.254 e. The van der Waals surface area contributed by atoms with Crippen molar-refractivity contribution in [3.8, 4) is 0 Å². The van der Waals surface area contributed by atoms with Crippen LogP contribution in [-0.2, 0) is 0 Å². The number of hydrogen-bond acceptors (Lipinski definition) is 2. The van der Waals surface area contributed by atoms with Gasteiger partial charge in [0.1, 0.15) is 11.6 Å². The van der Waals surface area contributed by atoms with Crippen molar-refractivity contribution in [2.75, 3.05) is 25.0 Å². The molecule has 2 rings (SSSR count). The van der Waals surface area contributed by atoms with Crippen LogP contribution in [0, 0.1) is 11.6 Å². The molecule has 0 aliphatic heterocycles. The number of nitrogens with zero attached hydrogens (tertiary/aromatic N) is 1. The number of carbonyl (C=O) groups excluding carboxylic acids is 1. The van der Waals surface area contributed by atoms with Crippen LogP contribution >= 0.6 is 0 Å². The second-order valence-corrected chi connectivity index (χ2v) is 4.99. The average molecular weight is 304 g/mol. The maximum atomic E-state index is 13.5. The molecule has 0 radical (unpaired) electrons. The first-order chi connectivity index (χ1) is 10.6. The lowest BCUT2D eigenvalue weighted by atomic mass is 10.2. The van der Waals surface area contributed by atoms with Gasteiger partial charge in [-0.25, -0.2) is 8.78 Å². The van der Waals surface area contributed by atoms with Crippen LogP contribution in [0.4, 0.5) is 14.5 Å². The number of benzene rings is 2. The topological polar surface area (TPSA) is 32.3 Å². The molecule has 0 unspecified atom stereocenters. The molecule has 0 saturated carbocycles. The lowest BCUT2D eigenvalue weighted by Gasteiger charge is -2.19. The average Bonchev–Trinajstić information content (AvgIpc) is 2.52. The van der Waals surface area contributed by atoms with Gasteiger partial charge < -0.3 is 10.2 Å². The number of halogens is 2. The Morgan fingerprint density at radius 1 is 1.14 bits per heavy atom. The zero-order valence-electron chi connectivity index (χ0n) is 12.4. The fourth-order valence-electron chi connectivity index (χ4n) is 2.10. The molecule has 5 heteroatoms. The van der Waals surface area contributed by atoms with Crippen molar-refractivity contribution in [2.24, 2.45) is 0 Å². The molecule has 0 bridgehead atoms. The fourth-order valence-corrected chi connectivity index (χ4v) is 2.10. The summed E-state index contributed by atoms with van der Waals surface area (Å²) in [5, 5.41) is 2.64. The highest BCUT2D eigenvalue weighted by molar-refractivity contribution is 5.94. The number of anilines is 1. The second kappa shape index (κ2) is 7.54. The van der Waals surface area contributed by atoms with E-state index in [1.165, 1.54) is 0 Å². The summed E-state index contributed by atoms with van der Waals surface area (Å²) in [5.74, 6) is -2.07. The Balaban J connectivity index is 1.78. The van der Waals surface area contributed by atoms with Crippen LogP contribution in [0.1, 0.15) is 16.8 Å². The van der Waals surface area contributed by atoms with Crippen LogP contribution in [0.15, 0.2) is 48.5 Å². The number of rotatable bonds is 6. The van der Waals surface area contributed by atoms with Gasteiger partial charge in [-0.05, 0) is 30.7 Å². The summed E-state index contributed by atoms with van der Waals surface area (Å²) in [5.41, 5.74) is 0.955. The number of carbonyl (C=O) groups is 1. The summed E-state index contributed by atoms with van der Waals surface area (Å²) < 4.78 is 26.2. The first-order valence-corrected chi connectivity index (χ1v) is 7.07. The predicted octanol–water partition coefficient (Wildman–Crippen LogP) is 3.22. The molecular formula is C17H18F2N2O. The van der Waals surface area contributed by atoms with Gasteiger partial charge in [0.15, 0.2) is 0 Å². The zero-order chi connectivity index (χ0) is 15.9. The van der Waals surface area contributed by atoms with E-state index < -0.39 is 17.5 Å². The molecule has 22 heavy (non-hydrogen) atoms. The van der Waals surface area contributed by atoms with E-state index >= 15 is 0 Å². The molecule has 0 aliphatic rings. The van der Waals surface area contributed by atoms with Crippen LogP contribution in [0.3, 0.4) is 0 Å². The normalized spacial score (nSPS) is 10.3. The lowest BCUT2D eigenvalue weighted by molar-refractivity contribution is 0.0949. The number of para-hydroxylation sites is 1. The Kier molecular flexibility index (Phi) is 5.47. The lowest BCUT2D eigenvalue weighted by Crippen LogP contribution is -2.28. The highest BCUT2D eigenvalue weighted by atomic mass is 19.1. The van der Waals surface area contributed by atoms with E-state index in [2.05, 4.69) is 10.2 Å². The van der Waals surface area contributed by atoms with Crippen molar-refractivity contribution in [3.05, 3.63) is 65.7 Å². The highest BCUT2D eigenvalue weighted by Crippen LogP contribution is 2.11. The maximum absolute atomic E-state index is 13.5. The number of hydrogen-bond donors (Lipinski definition) is 1. The third kappa shape index (κ3) is 4.28. The van der Waals surface area contributed by atoms with Crippen LogP contribution in [0.25, 0.3) is 0 Å². The van der Waals surface area contributed by atoms with Gasteiger partial charge in [-0.2, -0.15) is 0 Å². The standard InChI is InChI=1S/C17H18F2N2O/c1-21(14-6-3-2-4-7-14)11-5-10-20-17(22)15-9-8-13(18)12-16(15)19/h2-4,6-9,12H,5,10-11H2,1H3,(H,20,22). The van der Waals surface area contributed by atoms with Gasteiger partial charge >= 0.3 is 0 Å². The van der Waals surface area contributed by atoms with E-state index in [0.717, 1.165) is 30.8 Å². The first-order valence-electron chi connectivity index (χ1n) is 7.07. The van der Waals surface area contributed by atoms with Gasteiger partial charge in [0, 0.05) is 31.9 Å². The van der Waals surface area contributed by atoms with E-state index in [0.29, 0.717) is 12.6 Å². The molecular weight excluding hydrogens is 286 g/mol. The van der Waals surface area contributed by atoms with E-state index in [-0.39, 0.29) is 5.56 Å². The summed E-state index contributed by atoms with van der Waals surface area (Å²) >= 11 is 0. The van der Waals surface area contributed by atoms with Crippen molar-refractivity contribution >= 4 is 11.6 Å². The fraction of sp³-hybridized carbons (Fsp3) is 0.235. The quantitative estimate of drug-likeness (QED) is 0.831. The SMILES string of the molecule is CN(CCCNC(=O)c1ccc(F)cc1F)c1ccccc1.